The normalized spacial score (nSPS) is 19.1. The molecule has 2 aromatic rings. The number of amides is 2. The molecule has 35 heavy (non-hydrogen) atoms. The summed E-state index contributed by atoms with van der Waals surface area (Å²) in [6, 6.07) is 6.51. The molecule has 1 aromatic carbocycles. The Morgan fingerprint density at radius 1 is 1.31 bits per heavy atom. The van der Waals surface area contributed by atoms with E-state index < -0.39 is 29.3 Å². The molecular formula is C23H23ClN4O6S. The maximum absolute atomic E-state index is 12.7. The number of carbonyl (C=O) groups is 4. The lowest BCUT2D eigenvalue weighted by atomic mass is 10.0. The summed E-state index contributed by atoms with van der Waals surface area (Å²) in [5.41, 5.74) is 1.82. The molecule has 2 atom stereocenters. The van der Waals surface area contributed by atoms with Gasteiger partial charge in [0.15, 0.2) is 0 Å². The molecule has 3 heterocycles. The molecule has 1 fully saturated rings. The molecule has 0 radical (unpaired) electrons. The van der Waals surface area contributed by atoms with Gasteiger partial charge in [-0.05, 0) is 30.7 Å². The summed E-state index contributed by atoms with van der Waals surface area (Å²) in [5.74, 6) is -2.31. The number of ether oxygens (including phenoxy) is 1. The van der Waals surface area contributed by atoms with Gasteiger partial charge in [-0.25, -0.2) is 4.79 Å². The Labute approximate surface area is 210 Å². The van der Waals surface area contributed by atoms with Gasteiger partial charge in [0.2, 0.25) is 5.91 Å². The fourth-order valence-corrected chi connectivity index (χ4v) is 5.47. The Kier molecular flexibility index (Phi) is 7.46. The van der Waals surface area contributed by atoms with Crippen LogP contribution in [0.25, 0.3) is 10.9 Å². The van der Waals surface area contributed by atoms with Gasteiger partial charge in [-0.15, -0.1) is 11.8 Å². The van der Waals surface area contributed by atoms with Crippen molar-refractivity contribution in [3.05, 3.63) is 46.8 Å². The van der Waals surface area contributed by atoms with Crippen LogP contribution >= 0.6 is 23.4 Å². The number of aromatic nitrogens is 1. The number of β-lactam (4-membered cyclic amide) rings is 1. The predicted octanol–water partition coefficient (Wildman–Crippen LogP) is 2.38. The molecule has 1 aromatic heterocycles. The third kappa shape index (κ3) is 5.35. The van der Waals surface area contributed by atoms with Crippen molar-refractivity contribution in [3.8, 4) is 0 Å². The topological polar surface area (TPSA) is 138 Å². The van der Waals surface area contributed by atoms with Gasteiger partial charge in [-0.3, -0.25) is 24.3 Å². The van der Waals surface area contributed by atoms with Crippen LogP contribution in [0.5, 0.6) is 0 Å². The molecular weight excluding hydrogens is 496 g/mol. The maximum Gasteiger partial charge on any atom is 0.352 e. The third-order valence-electron chi connectivity index (χ3n) is 5.62. The first-order valence-electron chi connectivity index (χ1n) is 10.9. The van der Waals surface area contributed by atoms with E-state index in [1.54, 1.807) is 18.3 Å². The Hall–Kier alpha value is -3.31. The fraction of sp³-hybridized carbons (Fsp3) is 0.348. The Morgan fingerprint density at radius 2 is 2.11 bits per heavy atom. The molecule has 2 amide bonds. The number of carboxylic acids is 1. The van der Waals surface area contributed by atoms with Crippen molar-refractivity contribution in [2.45, 2.75) is 31.2 Å². The molecule has 0 saturated carbocycles. The minimum absolute atomic E-state index is 0.180. The van der Waals surface area contributed by atoms with E-state index in [0.29, 0.717) is 23.6 Å². The molecule has 1 saturated heterocycles. The summed E-state index contributed by atoms with van der Waals surface area (Å²) < 4.78 is 4.92. The van der Waals surface area contributed by atoms with Crippen LogP contribution in [0.1, 0.15) is 19.8 Å². The van der Waals surface area contributed by atoms with Gasteiger partial charge in [-0.1, -0.05) is 11.6 Å². The van der Waals surface area contributed by atoms with Crippen LogP contribution in [0, 0.1) is 0 Å². The monoisotopic (exact) mass is 518 g/mol. The van der Waals surface area contributed by atoms with Crippen LogP contribution in [-0.2, 0) is 23.9 Å². The number of esters is 1. The number of aliphatic carboxylic acids is 1. The number of rotatable bonds is 9. The van der Waals surface area contributed by atoms with E-state index >= 15 is 0 Å². The van der Waals surface area contributed by atoms with Gasteiger partial charge in [0.1, 0.15) is 23.7 Å². The number of nitrogens with one attached hydrogen (secondary N) is 2. The fourth-order valence-electron chi connectivity index (χ4n) is 3.98. The second kappa shape index (κ2) is 10.5. The zero-order chi connectivity index (χ0) is 25.1. The van der Waals surface area contributed by atoms with Gasteiger partial charge >= 0.3 is 11.9 Å². The van der Waals surface area contributed by atoms with Crippen molar-refractivity contribution in [2.75, 3.05) is 24.2 Å². The van der Waals surface area contributed by atoms with Crippen molar-refractivity contribution in [1.82, 2.24) is 15.2 Å². The molecule has 12 heteroatoms. The minimum Gasteiger partial charge on any atom is -0.477 e. The van der Waals surface area contributed by atoms with E-state index in [2.05, 4.69) is 15.6 Å². The SMILES string of the molecule is CC(=O)OCC1=C(C(=O)O)N2C(=O)C(NC(=O)CCCNc3ccnc4cc(Cl)ccc34)C2SC1. The smallest absolute Gasteiger partial charge is 0.352 e. The number of benzene rings is 1. The number of halogens is 1. The standard InChI is InChI=1S/C23H23ClN4O6S/c1-12(29)34-10-13-11-35-22-19(21(31)28(22)20(13)23(32)33)27-18(30)3-2-7-25-16-6-8-26-17-9-14(24)4-5-15(16)17/h4-6,8-9,19,22H,2-3,7,10-11H2,1H3,(H,25,26)(H,27,30)(H,32,33). The molecule has 2 aliphatic heterocycles. The first-order chi connectivity index (χ1) is 16.8. The number of thioether (sulfide) groups is 1. The summed E-state index contributed by atoms with van der Waals surface area (Å²) in [7, 11) is 0. The quantitative estimate of drug-likeness (QED) is 0.259. The average molecular weight is 519 g/mol. The molecule has 2 unspecified atom stereocenters. The minimum atomic E-state index is -1.27. The van der Waals surface area contributed by atoms with Crippen LogP contribution in [0.15, 0.2) is 41.7 Å². The van der Waals surface area contributed by atoms with Crippen molar-refractivity contribution < 1.29 is 29.0 Å². The van der Waals surface area contributed by atoms with E-state index in [1.165, 1.54) is 18.7 Å². The lowest BCUT2D eigenvalue weighted by molar-refractivity contribution is -0.151. The van der Waals surface area contributed by atoms with Crippen LogP contribution in [-0.4, -0.2) is 69.1 Å². The first-order valence-corrected chi connectivity index (χ1v) is 12.3. The van der Waals surface area contributed by atoms with Gasteiger partial charge in [0.05, 0.1) is 5.52 Å². The predicted molar refractivity (Wildman–Crippen MR) is 131 cm³/mol. The second-order valence-electron chi connectivity index (χ2n) is 8.04. The number of nitrogens with zero attached hydrogens (tertiary/aromatic N) is 2. The van der Waals surface area contributed by atoms with Crippen molar-refractivity contribution in [3.63, 3.8) is 0 Å². The lowest BCUT2D eigenvalue weighted by Crippen LogP contribution is -2.70. The lowest BCUT2D eigenvalue weighted by Gasteiger charge is -2.49. The molecule has 2 aliphatic rings. The Bertz CT molecular complexity index is 1240. The molecule has 4 rings (SSSR count). The summed E-state index contributed by atoms with van der Waals surface area (Å²) in [6.45, 7) is 1.57. The van der Waals surface area contributed by atoms with E-state index in [4.69, 9.17) is 16.3 Å². The van der Waals surface area contributed by atoms with Crippen LogP contribution < -0.4 is 10.6 Å². The van der Waals surface area contributed by atoms with Gasteiger partial charge < -0.3 is 20.5 Å². The summed E-state index contributed by atoms with van der Waals surface area (Å²) >= 11 is 7.34. The van der Waals surface area contributed by atoms with Gasteiger partial charge in [0.25, 0.3) is 5.91 Å². The van der Waals surface area contributed by atoms with E-state index in [-0.39, 0.29) is 30.4 Å². The zero-order valence-corrected chi connectivity index (χ0v) is 20.3. The third-order valence-corrected chi connectivity index (χ3v) is 7.19. The molecule has 0 aliphatic carbocycles. The molecule has 3 N–H and O–H groups in total. The number of hydrogen-bond donors (Lipinski definition) is 3. The highest BCUT2D eigenvalue weighted by Gasteiger charge is 2.54. The number of anilines is 1. The van der Waals surface area contributed by atoms with E-state index in [9.17, 15) is 24.3 Å². The van der Waals surface area contributed by atoms with Gasteiger partial charge in [-0.2, -0.15) is 0 Å². The number of fused-ring (bicyclic) bond motifs is 2. The number of hydrogen-bond acceptors (Lipinski definition) is 8. The molecule has 10 nitrogen and oxygen atoms in total. The van der Waals surface area contributed by atoms with Crippen molar-refractivity contribution in [1.29, 1.82) is 0 Å². The zero-order valence-electron chi connectivity index (χ0n) is 18.7. The van der Waals surface area contributed by atoms with Crippen LogP contribution in [0.2, 0.25) is 5.02 Å². The Morgan fingerprint density at radius 3 is 2.86 bits per heavy atom. The first kappa shape index (κ1) is 24.8. The average Bonchev–Trinajstić information content (AvgIpc) is 2.82. The van der Waals surface area contributed by atoms with E-state index in [0.717, 1.165) is 21.5 Å². The summed E-state index contributed by atoms with van der Waals surface area (Å²) in [6.07, 6.45) is 2.40. The Balaban J connectivity index is 1.29. The molecule has 184 valence electrons. The number of pyridine rings is 1. The molecule has 0 spiro atoms. The van der Waals surface area contributed by atoms with Gasteiger partial charge in [0, 0.05) is 53.5 Å². The summed E-state index contributed by atoms with van der Waals surface area (Å²) in [4.78, 5) is 53.4. The van der Waals surface area contributed by atoms with Crippen molar-refractivity contribution >= 4 is 63.7 Å². The number of carboxylic acid groups (broad SMARTS) is 1. The van der Waals surface area contributed by atoms with Crippen LogP contribution in [0.3, 0.4) is 0 Å². The second-order valence-corrected chi connectivity index (χ2v) is 9.58. The maximum atomic E-state index is 12.7. The number of carbonyl (C=O) groups excluding carboxylic acids is 3. The largest absolute Gasteiger partial charge is 0.477 e. The highest BCUT2D eigenvalue weighted by Crippen LogP contribution is 2.40. The summed E-state index contributed by atoms with van der Waals surface area (Å²) in [5, 5.41) is 16.6. The van der Waals surface area contributed by atoms with Crippen molar-refractivity contribution in [2.24, 2.45) is 0 Å². The van der Waals surface area contributed by atoms with E-state index in [1.807, 2.05) is 12.1 Å². The van der Waals surface area contributed by atoms with Crippen LogP contribution in [0.4, 0.5) is 5.69 Å². The molecule has 0 bridgehead atoms. The highest BCUT2D eigenvalue weighted by molar-refractivity contribution is 8.00. The highest BCUT2D eigenvalue weighted by atomic mass is 35.5.